The number of amides is 1. The SMILES string of the molecule is CCCc1nnc(SCC(=O)Nc2ccc(Oc3ccccc3)cc2)n1N. The second kappa shape index (κ2) is 9.09. The molecule has 0 bridgehead atoms. The highest BCUT2D eigenvalue weighted by molar-refractivity contribution is 7.99. The summed E-state index contributed by atoms with van der Waals surface area (Å²) >= 11 is 1.25. The van der Waals surface area contributed by atoms with Crippen molar-refractivity contribution in [3.63, 3.8) is 0 Å². The summed E-state index contributed by atoms with van der Waals surface area (Å²) in [6.07, 6.45) is 1.69. The Balaban J connectivity index is 1.50. The molecule has 3 aromatic rings. The predicted molar refractivity (Wildman–Crippen MR) is 106 cm³/mol. The van der Waals surface area contributed by atoms with E-state index in [1.165, 1.54) is 16.4 Å². The van der Waals surface area contributed by atoms with Gasteiger partial charge in [-0.05, 0) is 42.8 Å². The first-order chi connectivity index (χ1) is 13.2. The molecule has 0 radical (unpaired) electrons. The normalized spacial score (nSPS) is 10.6. The molecule has 3 rings (SSSR count). The van der Waals surface area contributed by atoms with E-state index in [9.17, 15) is 4.79 Å². The van der Waals surface area contributed by atoms with Crippen molar-refractivity contribution in [2.24, 2.45) is 0 Å². The van der Waals surface area contributed by atoms with Crippen LogP contribution in [0.1, 0.15) is 19.2 Å². The lowest BCUT2D eigenvalue weighted by molar-refractivity contribution is -0.113. The van der Waals surface area contributed by atoms with E-state index < -0.39 is 0 Å². The van der Waals surface area contributed by atoms with Crippen LogP contribution in [0.2, 0.25) is 0 Å². The molecule has 0 unspecified atom stereocenters. The molecule has 0 saturated heterocycles. The van der Waals surface area contributed by atoms with Gasteiger partial charge in [-0.2, -0.15) is 0 Å². The quantitative estimate of drug-likeness (QED) is 0.457. The topological polar surface area (TPSA) is 95.1 Å². The van der Waals surface area contributed by atoms with Gasteiger partial charge in [0.1, 0.15) is 11.5 Å². The molecular weight excluding hydrogens is 362 g/mol. The third-order valence-electron chi connectivity index (χ3n) is 3.66. The Morgan fingerprint density at radius 2 is 1.81 bits per heavy atom. The number of rotatable bonds is 8. The summed E-state index contributed by atoms with van der Waals surface area (Å²) in [5.74, 6) is 8.17. The lowest BCUT2D eigenvalue weighted by Gasteiger charge is -2.08. The molecule has 1 aromatic heterocycles. The van der Waals surface area contributed by atoms with E-state index in [2.05, 4.69) is 15.5 Å². The van der Waals surface area contributed by atoms with Gasteiger partial charge >= 0.3 is 0 Å². The molecule has 0 aliphatic carbocycles. The molecule has 3 N–H and O–H groups in total. The van der Waals surface area contributed by atoms with Gasteiger partial charge in [0.2, 0.25) is 11.1 Å². The molecule has 1 amide bonds. The number of aromatic nitrogens is 3. The van der Waals surface area contributed by atoms with E-state index in [0.717, 1.165) is 24.4 Å². The molecule has 140 valence electrons. The standard InChI is InChI=1S/C19H21N5O2S/c1-2-6-17-22-23-19(24(17)20)27-13-18(25)21-14-9-11-16(12-10-14)26-15-7-4-3-5-8-15/h3-5,7-12H,2,6,13,20H2,1H3,(H,21,25). The van der Waals surface area contributed by atoms with Gasteiger partial charge in [0.15, 0.2) is 5.82 Å². The van der Waals surface area contributed by atoms with Gasteiger partial charge in [0.05, 0.1) is 5.75 Å². The van der Waals surface area contributed by atoms with Gasteiger partial charge in [-0.1, -0.05) is 36.9 Å². The number of hydrogen-bond donors (Lipinski definition) is 2. The Morgan fingerprint density at radius 3 is 2.52 bits per heavy atom. The minimum absolute atomic E-state index is 0.142. The average molecular weight is 383 g/mol. The third kappa shape index (κ3) is 5.24. The molecule has 8 heteroatoms. The molecule has 2 aromatic carbocycles. The Hall–Kier alpha value is -3.00. The maximum absolute atomic E-state index is 12.1. The number of benzene rings is 2. The number of nitrogen functional groups attached to an aromatic ring is 1. The first kappa shape index (κ1) is 18.8. The van der Waals surface area contributed by atoms with Crippen molar-refractivity contribution in [3.8, 4) is 11.5 Å². The lowest BCUT2D eigenvalue weighted by atomic mass is 10.3. The van der Waals surface area contributed by atoms with Crippen LogP contribution in [0.4, 0.5) is 5.69 Å². The highest BCUT2D eigenvalue weighted by atomic mass is 32.2. The first-order valence-corrected chi connectivity index (χ1v) is 9.59. The molecule has 0 fully saturated rings. The molecule has 7 nitrogen and oxygen atoms in total. The van der Waals surface area contributed by atoms with Crippen molar-refractivity contribution in [2.75, 3.05) is 16.9 Å². The number of nitrogens with one attached hydrogen (secondary N) is 1. The van der Waals surface area contributed by atoms with Gasteiger partial charge in [-0.15, -0.1) is 10.2 Å². The summed E-state index contributed by atoms with van der Waals surface area (Å²) in [7, 11) is 0. The molecule has 1 heterocycles. The summed E-state index contributed by atoms with van der Waals surface area (Å²) in [5.41, 5.74) is 0.696. The second-order valence-corrected chi connectivity index (χ2v) is 6.74. The van der Waals surface area contributed by atoms with Crippen molar-refractivity contribution in [1.82, 2.24) is 14.9 Å². The maximum atomic E-state index is 12.1. The zero-order valence-corrected chi connectivity index (χ0v) is 15.8. The zero-order valence-electron chi connectivity index (χ0n) is 15.0. The molecule has 0 spiro atoms. The highest BCUT2D eigenvalue weighted by Crippen LogP contribution is 2.23. The van der Waals surface area contributed by atoms with E-state index in [0.29, 0.717) is 16.6 Å². The van der Waals surface area contributed by atoms with Gasteiger partial charge in [-0.25, -0.2) is 4.68 Å². The van der Waals surface area contributed by atoms with E-state index in [4.69, 9.17) is 10.6 Å². The number of nitrogens with two attached hydrogens (primary N) is 1. The van der Waals surface area contributed by atoms with E-state index in [-0.39, 0.29) is 11.7 Å². The fraction of sp³-hybridized carbons (Fsp3) is 0.211. The number of nitrogens with zero attached hydrogens (tertiary/aromatic N) is 3. The Kier molecular flexibility index (Phi) is 6.32. The Morgan fingerprint density at radius 1 is 1.11 bits per heavy atom. The molecule has 0 atom stereocenters. The van der Waals surface area contributed by atoms with Crippen molar-refractivity contribution in [1.29, 1.82) is 0 Å². The van der Waals surface area contributed by atoms with Crippen LogP contribution in [0.3, 0.4) is 0 Å². The van der Waals surface area contributed by atoms with Crippen molar-refractivity contribution in [2.45, 2.75) is 24.9 Å². The fourth-order valence-electron chi connectivity index (χ4n) is 2.36. The van der Waals surface area contributed by atoms with Crippen molar-refractivity contribution < 1.29 is 9.53 Å². The van der Waals surface area contributed by atoms with E-state index in [1.54, 1.807) is 12.1 Å². The first-order valence-electron chi connectivity index (χ1n) is 8.60. The number of carbonyl (C=O) groups is 1. The van der Waals surface area contributed by atoms with Crippen LogP contribution in [-0.2, 0) is 11.2 Å². The summed E-state index contributed by atoms with van der Waals surface area (Å²) in [5, 5.41) is 11.4. The van der Waals surface area contributed by atoms with Gasteiger partial charge in [-0.3, -0.25) is 4.79 Å². The number of ether oxygens (including phenoxy) is 1. The molecule has 0 saturated carbocycles. The molecule has 0 aliphatic rings. The minimum Gasteiger partial charge on any atom is -0.457 e. The average Bonchev–Trinajstić information content (AvgIpc) is 3.03. The zero-order chi connectivity index (χ0) is 19.1. The smallest absolute Gasteiger partial charge is 0.234 e. The van der Waals surface area contributed by atoms with Gasteiger partial charge < -0.3 is 15.9 Å². The van der Waals surface area contributed by atoms with Crippen LogP contribution in [0, 0.1) is 0 Å². The van der Waals surface area contributed by atoms with Crippen LogP contribution in [-0.4, -0.2) is 26.5 Å². The van der Waals surface area contributed by atoms with Crippen LogP contribution < -0.4 is 15.9 Å². The summed E-state index contributed by atoms with van der Waals surface area (Å²) in [4.78, 5) is 12.1. The van der Waals surface area contributed by atoms with Crippen LogP contribution in [0.25, 0.3) is 0 Å². The maximum Gasteiger partial charge on any atom is 0.234 e. The monoisotopic (exact) mass is 383 g/mol. The Labute approximate surface area is 161 Å². The van der Waals surface area contributed by atoms with Crippen LogP contribution in [0.15, 0.2) is 59.8 Å². The second-order valence-electron chi connectivity index (χ2n) is 5.80. The number of aryl methyl sites for hydroxylation is 1. The van der Waals surface area contributed by atoms with Crippen molar-refractivity contribution >= 4 is 23.4 Å². The molecule has 0 aliphatic heterocycles. The third-order valence-corrected chi connectivity index (χ3v) is 4.60. The van der Waals surface area contributed by atoms with E-state index >= 15 is 0 Å². The van der Waals surface area contributed by atoms with E-state index in [1.807, 2.05) is 49.4 Å². The van der Waals surface area contributed by atoms with Gasteiger partial charge in [0, 0.05) is 12.1 Å². The molecular formula is C19H21N5O2S. The van der Waals surface area contributed by atoms with Crippen LogP contribution >= 0.6 is 11.8 Å². The van der Waals surface area contributed by atoms with Crippen LogP contribution in [0.5, 0.6) is 11.5 Å². The highest BCUT2D eigenvalue weighted by Gasteiger charge is 2.12. The predicted octanol–water partition coefficient (Wildman–Crippen LogP) is 3.47. The summed E-state index contributed by atoms with van der Waals surface area (Å²) in [6, 6.07) is 16.7. The largest absolute Gasteiger partial charge is 0.457 e. The van der Waals surface area contributed by atoms with Crippen molar-refractivity contribution in [3.05, 3.63) is 60.4 Å². The fourth-order valence-corrected chi connectivity index (χ4v) is 3.03. The number of para-hydroxylation sites is 1. The van der Waals surface area contributed by atoms with Gasteiger partial charge in [0.25, 0.3) is 0 Å². The summed E-state index contributed by atoms with van der Waals surface area (Å²) in [6.45, 7) is 2.05. The number of hydrogen-bond acceptors (Lipinski definition) is 6. The number of carbonyl (C=O) groups excluding carboxylic acids is 1. The lowest BCUT2D eigenvalue weighted by Crippen LogP contribution is -2.17. The molecule has 27 heavy (non-hydrogen) atoms. The minimum atomic E-state index is -0.142. The summed E-state index contributed by atoms with van der Waals surface area (Å²) < 4.78 is 7.17. The Bertz CT molecular complexity index is 881. The number of anilines is 1. The number of thioether (sulfide) groups is 1.